The summed E-state index contributed by atoms with van der Waals surface area (Å²) in [6.45, 7) is 1.44. The lowest BCUT2D eigenvalue weighted by Crippen LogP contribution is -2.62. The largest absolute Gasteiger partial charge is 0.372 e. The van der Waals surface area contributed by atoms with Gasteiger partial charge in [0.25, 0.3) is 0 Å². The number of ether oxygens (including phenoxy) is 1. The number of benzene rings is 1. The highest BCUT2D eigenvalue weighted by molar-refractivity contribution is 5.22. The zero-order valence-corrected chi connectivity index (χ0v) is 10.2. The molecule has 1 aromatic rings. The van der Waals surface area contributed by atoms with E-state index in [1.807, 2.05) is 0 Å². The Labute approximate surface area is 105 Å². The van der Waals surface area contributed by atoms with Gasteiger partial charge >= 0.3 is 0 Å². The molecular weight excluding hydrogens is 236 g/mol. The van der Waals surface area contributed by atoms with Crippen LogP contribution in [-0.4, -0.2) is 24.8 Å². The second-order valence-electron chi connectivity index (χ2n) is 5.18. The van der Waals surface area contributed by atoms with Crippen LogP contribution in [0.4, 0.5) is 8.78 Å². The van der Waals surface area contributed by atoms with Crippen molar-refractivity contribution in [2.24, 2.45) is 0 Å². The van der Waals surface area contributed by atoms with E-state index >= 15 is 0 Å². The summed E-state index contributed by atoms with van der Waals surface area (Å²) in [4.78, 5) is 0. The third-order valence-electron chi connectivity index (χ3n) is 4.19. The third kappa shape index (κ3) is 1.93. The molecule has 18 heavy (non-hydrogen) atoms. The second kappa shape index (κ2) is 4.59. The minimum absolute atomic E-state index is 0.0198. The molecule has 3 rings (SSSR count). The van der Waals surface area contributed by atoms with Gasteiger partial charge in [0.05, 0.1) is 12.2 Å². The van der Waals surface area contributed by atoms with Crippen LogP contribution in [0.1, 0.15) is 24.8 Å². The normalized spacial score (nSPS) is 26.0. The van der Waals surface area contributed by atoms with E-state index in [9.17, 15) is 8.78 Å². The van der Waals surface area contributed by atoms with Crippen molar-refractivity contribution in [3.63, 3.8) is 0 Å². The van der Waals surface area contributed by atoms with E-state index in [2.05, 4.69) is 5.32 Å². The van der Waals surface area contributed by atoms with E-state index in [1.165, 1.54) is 18.2 Å². The van der Waals surface area contributed by atoms with E-state index < -0.39 is 11.6 Å². The van der Waals surface area contributed by atoms with Crippen molar-refractivity contribution in [1.82, 2.24) is 5.32 Å². The highest BCUT2D eigenvalue weighted by Crippen LogP contribution is 2.41. The molecule has 1 heterocycles. The molecule has 98 valence electrons. The van der Waals surface area contributed by atoms with E-state index in [-0.39, 0.29) is 17.2 Å². The van der Waals surface area contributed by atoms with E-state index in [0.717, 1.165) is 25.8 Å². The Bertz CT molecular complexity index is 425. The Morgan fingerprint density at radius 2 is 2.00 bits per heavy atom. The molecule has 1 unspecified atom stereocenters. The molecule has 0 bridgehead atoms. The van der Waals surface area contributed by atoms with E-state index in [4.69, 9.17) is 4.74 Å². The minimum atomic E-state index is -0.461. The summed E-state index contributed by atoms with van der Waals surface area (Å²) < 4.78 is 33.2. The van der Waals surface area contributed by atoms with Crippen LogP contribution >= 0.6 is 0 Å². The van der Waals surface area contributed by atoms with Gasteiger partial charge in [-0.25, -0.2) is 8.78 Å². The zero-order valence-electron chi connectivity index (χ0n) is 10.2. The minimum Gasteiger partial charge on any atom is -0.372 e. The molecule has 1 N–H and O–H groups in total. The summed E-state index contributed by atoms with van der Waals surface area (Å²) in [6.07, 6.45) is 3.47. The maximum absolute atomic E-state index is 13.7. The van der Waals surface area contributed by atoms with Gasteiger partial charge in [-0.3, -0.25) is 0 Å². The number of morpholine rings is 1. The van der Waals surface area contributed by atoms with Gasteiger partial charge in [-0.2, -0.15) is 0 Å². The number of hydrogen-bond donors (Lipinski definition) is 1. The summed E-state index contributed by atoms with van der Waals surface area (Å²) in [7, 11) is 0. The molecule has 1 saturated heterocycles. The van der Waals surface area contributed by atoms with Crippen LogP contribution < -0.4 is 5.32 Å². The van der Waals surface area contributed by atoms with Crippen LogP contribution in [0.2, 0.25) is 0 Å². The summed E-state index contributed by atoms with van der Waals surface area (Å²) in [6, 6.07) is 4.05. The fourth-order valence-electron chi connectivity index (χ4n) is 2.98. The number of rotatable bonds is 2. The molecule has 2 aliphatic rings. The maximum Gasteiger partial charge on any atom is 0.129 e. The molecule has 1 aliphatic carbocycles. The molecule has 0 amide bonds. The number of hydrogen-bond acceptors (Lipinski definition) is 2. The molecule has 0 aromatic heterocycles. The van der Waals surface area contributed by atoms with Crippen LogP contribution in [0, 0.1) is 11.6 Å². The number of halogens is 2. The summed E-state index contributed by atoms with van der Waals surface area (Å²) in [5, 5.41) is 3.36. The lowest BCUT2D eigenvalue weighted by molar-refractivity contribution is -0.144. The molecule has 1 aliphatic heterocycles. The second-order valence-corrected chi connectivity index (χ2v) is 5.18. The highest BCUT2D eigenvalue weighted by Gasteiger charge is 2.47. The molecule has 1 aromatic carbocycles. The lowest BCUT2D eigenvalue weighted by Gasteiger charge is -2.50. The van der Waals surface area contributed by atoms with Gasteiger partial charge in [0.15, 0.2) is 0 Å². The average molecular weight is 253 g/mol. The Morgan fingerprint density at radius 1 is 1.28 bits per heavy atom. The van der Waals surface area contributed by atoms with Gasteiger partial charge in [-0.1, -0.05) is 6.07 Å². The van der Waals surface area contributed by atoms with Crippen molar-refractivity contribution >= 4 is 0 Å². The highest BCUT2D eigenvalue weighted by atomic mass is 19.1. The standard InChI is InChI=1S/C14H17F2NO/c15-11-3-1-4-12(16)10(11)9-13-14(5-2-6-14)18-8-7-17-13/h1,3-4,13,17H,2,5-9H2. The van der Waals surface area contributed by atoms with E-state index in [0.29, 0.717) is 13.0 Å². The summed E-state index contributed by atoms with van der Waals surface area (Å²) in [5.41, 5.74) is -0.0146. The van der Waals surface area contributed by atoms with Gasteiger partial charge in [0.2, 0.25) is 0 Å². The molecule has 0 radical (unpaired) electrons. The van der Waals surface area contributed by atoms with Gasteiger partial charge in [0, 0.05) is 18.2 Å². The molecule has 1 saturated carbocycles. The number of nitrogens with one attached hydrogen (secondary N) is 1. The molecule has 1 spiro atoms. The lowest BCUT2D eigenvalue weighted by atomic mass is 9.72. The van der Waals surface area contributed by atoms with Crippen LogP contribution in [0.15, 0.2) is 18.2 Å². The van der Waals surface area contributed by atoms with Gasteiger partial charge < -0.3 is 10.1 Å². The Balaban J connectivity index is 1.82. The smallest absolute Gasteiger partial charge is 0.129 e. The first-order chi connectivity index (χ1) is 8.71. The molecule has 1 atom stereocenters. The maximum atomic E-state index is 13.7. The van der Waals surface area contributed by atoms with Crippen LogP contribution in [0.5, 0.6) is 0 Å². The Hall–Kier alpha value is -1.00. The summed E-state index contributed by atoms with van der Waals surface area (Å²) in [5.74, 6) is -0.923. The fourth-order valence-corrected chi connectivity index (χ4v) is 2.98. The van der Waals surface area contributed by atoms with Crippen molar-refractivity contribution in [2.45, 2.75) is 37.3 Å². The predicted octanol–water partition coefficient (Wildman–Crippen LogP) is 2.42. The monoisotopic (exact) mass is 253 g/mol. The molecule has 2 nitrogen and oxygen atoms in total. The summed E-state index contributed by atoms with van der Waals surface area (Å²) >= 11 is 0. The first kappa shape index (κ1) is 12.1. The molecule has 2 fully saturated rings. The fraction of sp³-hybridized carbons (Fsp3) is 0.571. The van der Waals surface area contributed by atoms with Crippen molar-refractivity contribution in [3.05, 3.63) is 35.4 Å². The SMILES string of the molecule is Fc1cccc(F)c1CC1NCCOC12CCC2. The van der Waals surface area contributed by atoms with Crippen molar-refractivity contribution in [2.75, 3.05) is 13.2 Å². The van der Waals surface area contributed by atoms with Crippen LogP contribution in [0.3, 0.4) is 0 Å². The van der Waals surface area contributed by atoms with Gasteiger partial charge in [-0.15, -0.1) is 0 Å². The van der Waals surface area contributed by atoms with Crippen LogP contribution in [-0.2, 0) is 11.2 Å². The first-order valence-electron chi connectivity index (χ1n) is 6.51. The van der Waals surface area contributed by atoms with Gasteiger partial charge in [0.1, 0.15) is 11.6 Å². The Morgan fingerprint density at radius 3 is 2.61 bits per heavy atom. The van der Waals surface area contributed by atoms with E-state index in [1.54, 1.807) is 0 Å². The van der Waals surface area contributed by atoms with Crippen molar-refractivity contribution < 1.29 is 13.5 Å². The molecular formula is C14H17F2NO. The van der Waals surface area contributed by atoms with Gasteiger partial charge in [-0.05, 0) is 37.8 Å². The first-order valence-corrected chi connectivity index (χ1v) is 6.51. The average Bonchev–Trinajstić information content (AvgIpc) is 2.32. The quantitative estimate of drug-likeness (QED) is 0.874. The van der Waals surface area contributed by atoms with Crippen molar-refractivity contribution in [1.29, 1.82) is 0 Å². The zero-order chi connectivity index (χ0) is 12.6. The van der Waals surface area contributed by atoms with Crippen LogP contribution in [0.25, 0.3) is 0 Å². The topological polar surface area (TPSA) is 21.3 Å². The molecule has 4 heteroatoms. The predicted molar refractivity (Wildman–Crippen MR) is 64.4 cm³/mol. The van der Waals surface area contributed by atoms with Crippen molar-refractivity contribution in [3.8, 4) is 0 Å². The Kier molecular flexibility index (Phi) is 3.08. The third-order valence-corrected chi connectivity index (χ3v) is 4.19.